The van der Waals surface area contributed by atoms with E-state index in [1.165, 1.54) is 0 Å². The zero-order chi connectivity index (χ0) is 8.69. The van der Waals surface area contributed by atoms with Gasteiger partial charge in [0, 0.05) is 0 Å². The number of carboxylic acid groups (broad SMARTS) is 2. The van der Waals surface area contributed by atoms with Crippen LogP contribution in [0.3, 0.4) is 0 Å². The van der Waals surface area contributed by atoms with Crippen LogP contribution in [0.5, 0.6) is 0 Å². The van der Waals surface area contributed by atoms with Crippen molar-refractivity contribution < 1.29 is 19.8 Å². The molecule has 0 fully saturated rings. The molecule has 0 aliphatic carbocycles. The fraction of sp³-hybridized carbons (Fsp3) is 0.500. The standard InChI is InChI=1S/C4H6N2O4Se/c7-3(8)1-5-11-6-2-4(9)10/h1-2H2,(H,7,8)(H,9,10). The van der Waals surface area contributed by atoms with Crippen LogP contribution >= 0.6 is 0 Å². The Morgan fingerprint density at radius 2 is 1.45 bits per heavy atom. The molecule has 0 amide bonds. The van der Waals surface area contributed by atoms with Gasteiger partial charge in [-0.15, -0.1) is 0 Å². The molecule has 0 unspecified atom stereocenters. The number of carboxylic acids is 2. The van der Waals surface area contributed by atoms with Crippen molar-refractivity contribution in [2.45, 2.75) is 0 Å². The van der Waals surface area contributed by atoms with Crippen molar-refractivity contribution in [3.8, 4) is 0 Å². The molecule has 0 aromatic rings. The van der Waals surface area contributed by atoms with Gasteiger partial charge >= 0.3 is 67.3 Å². The molecule has 0 aliphatic rings. The number of rotatable bonds is 4. The average Bonchev–Trinajstić information content (AvgIpc) is 1.85. The van der Waals surface area contributed by atoms with E-state index in [1.807, 2.05) is 0 Å². The third-order valence-electron chi connectivity index (χ3n) is 0.515. The molecule has 6 nitrogen and oxygen atoms in total. The van der Waals surface area contributed by atoms with E-state index in [9.17, 15) is 9.59 Å². The van der Waals surface area contributed by atoms with Gasteiger partial charge in [0.15, 0.2) is 0 Å². The normalized spacial score (nSPS) is 8.36. The predicted octanol–water partition coefficient (Wildman–Crippen LogP) is -0.773. The van der Waals surface area contributed by atoms with Crippen LogP contribution in [0.2, 0.25) is 0 Å². The number of carbonyl (C=O) groups is 2. The van der Waals surface area contributed by atoms with E-state index in [-0.39, 0.29) is 13.1 Å². The van der Waals surface area contributed by atoms with Crippen molar-refractivity contribution >= 4 is 26.5 Å². The van der Waals surface area contributed by atoms with Gasteiger partial charge in [0.1, 0.15) is 0 Å². The van der Waals surface area contributed by atoms with Crippen LogP contribution in [0.25, 0.3) is 0 Å². The van der Waals surface area contributed by atoms with Crippen molar-refractivity contribution in [1.82, 2.24) is 0 Å². The Balaban J connectivity index is 3.64. The minimum atomic E-state index is -1.03. The molecular formula is C4H6N2O4Se. The fourth-order valence-electron chi connectivity index (χ4n) is 0.209. The molecular weight excluding hydrogens is 219 g/mol. The first-order valence-corrected chi connectivity index (χ1v) is 4.09. The van der Waals surface area contributed by atoms with Gasteiger partial charge in [-0.05, 0) is 0 Å². The molecule has 62 valence electrons. The Morgan fingerprint density at radius 3 is 1.73 bits per heavy atom. The zero-order valence-electron chi connectivity index (χ0n) is 5.43. The molecule has 7 heteroatoms. The Bertz CT molecular complexity index is 200. The zero-order valence-corrected chi connectivity index (χ0v) is 7.14. The number of aliphatic carboxylic acids is 2. The summed E-state index contributed by atoms with van der Waals surface area (Å²) in [5, 5.41) is 16.2. The maximum absolute atomic E-state index is 9.85. The average molecular weight is 225 g/mol. The molecule has 0 bridgehead atoms. The summed E-state index contributed by atoms with van der Waals surface area (Å²) in [6.07, 6.45) is 0. The van der Waals surface area contributed by atoms with Crippen molar-refractivity contribution in [3.63, 3.8) is 0 Å². The van der Waals surface area contributed by atoms with E-state index in [0.29, 0.717) is 0 Å². The summed E-state index contributed by atoms with van der Waals surface area (Å²) in [5.41, 5.74) is 0. The Kier molecular flexibility index (Phi) is 5.32. The SMILES string of the molecule is O=C(O)CN=[Se]=NCC(=O)O. The van der Waals surface area contributed by atoms with Gasteiger partial charge < -0.3 is 0 Å². The molecule has 0 saturated heterocycles. The Hall–Kier alpha value is -0.941. The third kappa shape index (κ3) is 9.06. The van der Waals surface area contributed by atoms with E-state index in [4.69, 9.17) is 10.2 Å². The van der Waals surface area contributed by atoms with E-state index < -0.39 is 26.5 Å². The second-order valence-electron chi connectivity index (χ2n) is 1.44. The summed E-state index contributed by atoms with van der Waals surface area (Å²) in [6, 6.07) is 0. The van der Waals surface area contributed by atoms with Crippen molar-refractivity contribution in [1.29, 1.82) is 0 Å². The quantitative estimate of drug-likeness (QED) is 0.613. The van der Waals surface area contributed by atoms with Gasteiger partial charge in [-0.25, -0.2) is 0 Å². The molecule has 0 aliphatic heterocycles. The van der Waals surface area contributed by atoms with Crippen LogP contribution in [-0.4, -0.2) is 49.8 Å². The molecule has 0 rings (SSSR count). The summed E-state index contributed by atoms with van der Waals surface area (Å²) in [5.74, 6) is -2.06. The van der Waals surface area contributed by atoms with Gasteiger partial charge in [0.25, 0.3) is 0 Å². The van der Waals surface area contributed by atoms with E-state index in [0.717, 1.165) is 0 Å². The van der Waals surface area contributed by atoms with Crippen LogP contribution in [0.1, 0.15) is 0 Å². The Morgan fingerprint density at radius 1 is 1.09 bits per heavy atom. The summed E-state index contributed by atoms with van der Waals surface area (Å²) in [6.45, 7) is -0.605. The molecule has 0 aromatic carbocycles. The summed E-state index contributed by atoms with van der Waals surface area (Å²) >= 11 is -0.573. The summed E-state index contributed by atoms with van der Waals surface area (Å²) in [4.78, 5) is 19.7. The third-order valence-corrected chi connectivity index (χ3v) is 1.54. The van der Waals surface area contributed by atoms with Crippen LogP contribution in [0.4, 0.5) is 0 Å². The Labute approximate surface area is 68.0 Å². The van der Waals surface area contributed by atoms with Crippen molar-refractivity contribution in [2.24, 2.45) is 7.92 Å². The molecule has 0 saturated carbocycles. The van der Waals surface area contributed by atoms with E-state index in [2.05, 4.69) is 7.92 Å². The van der Waals surface area contributed by atoms with Gasteiger partial charge in [-0.1, -0.05) is 0 Å². The molecule has 0 atom stereocenters. The molecule has 2 N–H and O–H groups in total. The molecule has 0 heterocycles. The van der Waals surface area contributed by atoms with Gasteiger partial charge in [-0.3, -0.25) is 0 Å². The van der Waals surface area contributed by atoms with Gasteiger partial charge in [-0.2, -0.15) is 0 Å². The molecule has 0 spiro atoms. The van der Waals surface area contributed by atoms with Crippen LogP contribution in [0, 0.1) is 0 Å². The molecule has 0 aromatic heterocycles. The van der Waals surface area contributed by atoms with Crippen molar-refractivity contribution in [3.05, 3.63) is 0 Å². The van der Waals surface area contributed by atoms with Crippen LogP contribution in [-0.2, 0) is 9.59 Å². The summed E-state index contributed by atoms with van der Waals surface area (Å²) in [7, 11) is 0. The van der Waals surface area contributed by atoms with E-state index >= 15 is 0 Å². The van der Waals surface area contributed by atoms with Crippen molar-refractivity contribution in [2.75, 3.05) is 13.1 Å². The fourth-order valence-corrected chi connectivity index (χ4v) is 1.09. The number of hydrogen-bond acceptors (Lipinski definition) is 4. The first-order chi connectivity index (χ1) is 5.13. The van der Waals surface area contributed by atoms with Crippen LogP contribution in [0.15, 0.2) is 7.92 Å². The maximum atomic E-state index is 9.85. The molecule has 0 radical (unpaired) electrons. The second-order valence-corrected chi connectivity index (χ2v) is 2.87. The topological polar surface area (TPSA) is 99.3 Å². The number of nitrogens with zero attached hydrogens (tertiary/aromatic N) is 2. The monoisotopic (exact) mass is 226 g/mol. The van der Waals surface area contributed by atoms with Gasteiger partial charge in [0.2, 0.25) is 0 Å². The number of hydrogen-bond donors (Lipinski definition) is 2. The van der Waals surface area contributed by atoms with E-state index in [1.54, 1.807) is 0 Å². The minimum absolute atomic E-state index is 0.302. The summed E-state index contributed by atoms with van der Waals surface area (Å²) < 4.78 is 6.95. The second kappa shape index (κ2) is 5.82. The van der Waals surface area contributed by atoms with Crippen LogP contribution < -0.4 is 0 Å². The predicted molar refractivity (Wildman–Crippen MR) is 35.6 cm³/mol. The first kappa shape index (κ1) is 10.1. The first-order valence-electron chi connectivity index (χ1n) is 2.56. The van der Waals surface area contributed by atoms with Gasteiger partial charge in [0.05, 0.1) is 0 Å². The molecule has 11 heavy (non-hydrogen) atoms.